The summed E-state index contributed by atoms with van der Waals surface area (Å²) in [5.41, 5.74) is 0.471. The largest absolute Gasteiger partial charge is 0.496 e. The van der Waals surface area contributed by atoms with E-state index in [-0.39, 0.29) is 17.8 Å². The van der Waals surface area contributed by atoms with E-state index in [0.29, 0.717) is 5.75 Å². The van der Waals surface area contributed by atoms with Gasteiger partial charge in [-0.25, -0.2) is 0 Å². The van der Waals surface area contributed by atoms with Crippen molar-refractivity contribution in [3.8, 4) is 5.75 Å². The Labute approximate surface area is 115 Å². The maximum Gasteiger partial charge on any atom is 0.405 e. The maximum atomic E-state index is 12.6. The summed E-state index contributed by atoms with van der Waals surface area (Å²) < 4.78 is 42.9. The molecule has 0 radical (unpaired) electrons. The summed E-state index contributed by atoms with van der Waals surface area (Å²) >= 11 is 0. The van der Waals surface area contributed by atoms with Gasteiger partial charge in [0.15, 0.2) is 0 Å². The SMILES string of the molecule is COc1cccc(N(CCO)CC(F)(F)F)c1C(C)O. The number of alkyl halides is 3. The van der Waals surface area contributed by atoms with E-state index in [4.69, 9.17) is 9.84 Å². The van der Waals surface area contributed by atoms with Crippen LogP contribution in [0.2, 0.25) is 0 Å². The van der Waals surface area contributed by atoms with Crippen LogP contribution in [0.3, 0.4) is 0 Å². The molecule has 0 aromatic heterocycles. The van der Waals surface area contributed by atoms with E-state index >= 15 is 0 Å². The van der Waals surface area contributed by atoms with Crippen LogP contribution in [-0.4, -0.2) is 43.2 Å². The first-order valence-corrected chi connectivity index (χ1v) is 6.07. The van der Waals surface area contributed by atoms with E-state index in [9.17, 15) is 18.3 Å². The van der Waals surface area contributed by atoms with Gasteiger partial charge in [0.05, 0.1) is 19.8 Å². The Kier molecular flexibility index (Phi) is 5.64. The van der Waals surface area contributed by atoms with Crippen LogP contribution in [0.15, 0.2) is 18.2 Å². The number of aliphatic hydroxyl groups excluding tert-OH is 2. The van der Waals surface area contributed by atoms with E-state index in [1.165, 1.54) is 20.1 Å². The molecule has 0 aliphatic heterocycles. The van der Waals surface area contributed by atoms with Gasteiger partial charge in [0.25, 0.3) is 0 Å². The van der Waals surface area contributed by atoms with Crippen LogP contribution >= 0.6 is 0 Å². The van der Waals surface area contributed by atoms with Crippen molar-refractivity contribution in [2.24, 2.45) is 0 Å². The van der Waals surface area contributed by atoms with Gasteiger partial charge in [-0.05, 0) is 19.1 Å². The van der Waals surface area contributed by atoms with Crippen molar-refractivity contribution in [2.75, 3.05) is 31.7 Å². The van der Waals surface area contributed by atoms with Gasteiger partial charge in [-0.2, -0.15) is 13.2 Å². The highest BCUT2D eigenvalue weighted by molar-refractivity contribution is 5.60. The van der Waals surface area contributed by atoms with Crippen LogP contribution in [0.5, 0.6) is 5.75 Å². The third-order valence-corrected chi connectivity index (χ3v) is 2.76. The van der Waals surface area contributed by atoms with Gasteiger partial charge >= 0.3 is 6.18 Å². The molecule has 0 spiro atoms. The van der Waals surface area contributed by atoms with Crippen molar-refractivity contribution in [3.63, 3.8) is 0 Å². The van der Waals surface area contributed by atoms with Crippen molar-refractivity contribution in [3.05, 3.63) is 23.8 Å². The Bertz CT molecular complexity index is 435. The molecule has 0 amide bonds. The molecule has 1 rings (SSSR count). The van der Waals surface area contributed by atoms with Crippen LogP contribution in [-0.2, 0) is 0 Å². The molecule has 1 unspecified atom stereocenters. The second-order valence-corrected chi connectivity index (χ2v) is 4.33. The highest BCUT2D eigenvalue weighted by atomic mass is 19.4. The van der Waals surface area contributed by atoms with Crippen LogP contribution in [0.4, 0.5) is 18.9 Å². The molecule has 20 heavy (non-hydrogen) atoms. The van der Waals surface area contributed by atoms with Crippen molar-refractivity contribution in [1.82, 2.24) is 0 Å². The van der Waals surface area contributed by atoms with E-state index in [2.05, 4.69) is 0 Å². The third-order valence-electron chi connectivity index (χ3n) is 2.76. The van der Waals surface area contributed by atoms with Gasteiger partial charge in [-0.3, -0.25) is 0 Å². The van der Waals surface area contributed by atoms with Crippen molar-refractivity contribution < 1.29 is 28.1 Å². The van der Waals surface area contributed by atoms with E-state index in [1.54, 1.807) is 12.1 Å². The third kappa shape index (κ3) is 4.28. The number of methoxy groups -OCH3 is 1. The lowest BCUT2D eigenvalue weighted by molar-refractivity contribution is -0.119. The van der Waals surface area contributed by atoms with Crippen molar-refractivity contribution in [2.45, 2.75) is 19.2 Å². The van der Waals surface area contributed by atoms with Gasteiger partial charge in [0.2, 0.25) is 0 Å². The number of anilines is 1. The Morgan fingerprint density at radius 2 is 2.00 bits per heavy atom. The highest BCUT2D eigenvalue weighted by Gasteiger charge is 2.32. The quantitative estimate of drug-likeness (QED) is 0.843. The van der Waals surface area contributed by atoms with E-state index in [1.807, 2.05) is 0 Å². The van der Waals surface area contributed by atoms with Gasteiger partial charge in [0, 0.05) is 17.8 Å². The topological polar surface area (TPSA) is 52.9 Å². The fourth-order valence-corrected chi connectivity index (χ4v) is 2.03. The van der Waals surface area contributed by atoms with Crippen LogP contribution in [0, 0.1) is 0 Å². The zero-order chi connectivity index (χ0) is 15.3. The van der Waals surface area contributed by atoms with E-state index in [0.717, 1.165) is 4.90 Å². The molecule has 0 heterocycles. The second-order valence-electron chi connectivity index (χ2n) is 4.33. The Hall–Kier alpha value is -1.47. The molecule has 0 fully saturated rings. The molecule has 0 saturated heterocycles. The summed E-state index contributed by atoms with van der Waals surface area (Å²) in [5, 5.41) is 18.7. The highest BCUT2D eigenvalue weighted by Crippen LogP contribution is 2.35. The number of hydrogen-bond acceptors (Lipinski definition) is 4. The smallest absolute Gasteiger partial charge is 0.405 e. The van der Waals surface area contributed by atoms with Crippen molar-refractivity contribution >= 4 is 5.69 Å². The minimum Gasteiger partial charge on any atom is -0.496 e. The second kappa shape index (κ2) is 6.81. The first-order chi connectivity index (χ1) is 9.30. The van der Waals surface area contributed by atoms with Crippen molar-refractivity contribution in [1.29, 1.82) is 0 Å². The molecule has 7 heteroatoms. The summed E-state index contributed by atoms with van der Waals surface area (Å²) in [5.74, 6) is 0.308. The molecule has 0 aliphatic rings. The molecule has 4 nitrogen and oxygen atoms in total. The van der Waals surface area contributed by atoms with Crippen LogP contribution in [0.25, 0.3) is 0 Å². The number of rotatable bonds is 6. The minimum absolute atomic E-state index is 0.188. The maximum absolute atomic E-state index is 12.6. The molecule has 1 aromatic rings. The van der Waals surface area contributed by atoms with Gasteiger partial charge in [-0.15, -0.1) is 0 Å². The predicted molar refractivity (Wildman–Crippen MR) is 69.0 cm³/mol. The summed E-state index contributed by atoms with van der Waals surface area (Å²) in [6.45, 7) is -0.370. The average molecular weight is 293 g/mol. The monoisotopic (exact) mass is 293 g/mol. The number of ether oxygens (including phenoxy) is 1. The van der Waals surface area contributed by atoms with Crippen LogP contribution < -0.4 is 9.64 Å². The lowest BCUT2D eigenvalue weighted by atomic mass is 10.1. The molecule has 114 valence electrons. The van der Waals surface area contributed by atoms with Gasteiger partial charge in [-0.1, -0.05) is 6.07 Å². The zero-order valence-electron chi connectivity index (χ0n) is 11.3. The number of nitrogens with zero attached hydrogens (tertiary/aromatic N) is 1. The number of benzene rings is 1. The summed E-state index contributed by atoms with van der Waals surface area (Å²) in [6, 6.07) is 4.57. The summed E-state index contributed by atoms with van der Waals surface area (Å²) in [7, 11) is 1.38. The standard InChI is InChI=1S/C13H18F3NO3/c1-9(19)12-10(4-3-5-11(12)20-2)17(6-7-18)8-13(14,15)16/h3-5,9,18-19H,6-8H2,1-2H3. The molecule has 2 N–H and O–H groups in total. The molecular weight excluding hydrogens is 275 g/mol. The van der Waals surface area contributed by atoms with Gasteiger partial charge in [0.1, 0.15) is 12.3 Å². The minimum atomic E-state index is -4.41. The Morgan fingerprint density at radius 1 is 1.35 bits per heavy atom. The number of hydrogen-bond donors (Lipinski definition) is 2. The fourth-order valence-electron chi connectivity index (χ4n) is 2.03. The first kappa shape index (κ1) is 16.6. The van der Waals surface area contributed by atoms with E-state index < -0.39 is 25.4 Å². The summed E-state index contributed by atoms with van der Waals surface area (Å²) in [6.07, 6.45) is -5.40. The molecule has 0 saturated carbocycles. The lowest BCUT2D eigenvalue weighted by Crippen LogP contribution is -2.37. The number of halogens is 3. The fraction of sp³-hybridized carbons (Fsp3) is 0.538. The van der Waals surface area contributed by atoms with Gasteiger partial charge < -0.3 is 19.8 Å². The van der Waals surface area contributed by atoms with Crippen LogP contribution in [0.1, 0.15) is 18.6 Å². The zero-order valence-corrected chi connectivity index (χ0v) is 11.3. The molecule has 1 atom stereocenters. The molecular formula is C13H18F3NO3. The lowest BCUT2D eigenvalue weighted by Gasteiger charge is -2.29. The predicted octanol–water partition coefficient (Wildman–Crippen LogP) is 2.11. The first-order valence-electron chi connectivity index (χ1n) is 6.07. The normalized spacial score (nSPS) is 13.2. The molecule has 0 aliphatic carbocycles. The molecule has 1 aromatic carbocycles. The summed E-state index contributed by atoms with van der Waals surface area (Å²) in [4.78, 5) is 0.977. The Balaban J connectivity index is 3.25. The molecule has 0 bridgehead atoms. The average Bonchev–Trinajstić information content (AvgIpc) is 2.35. The number of aliphatic hydroxyl groups is 2. The Morgan fingerprint density at radius 3 is 2.45 bits per heavy atom.